The highest BCUT2D eigenvalue weighted by molar-refractivity contribution is 8.00. The van der Waals surface area contributed by atoms with Crippen molar-refractivity contribution in [3.05, 3.63) is 36.0 Å². The molecular formula is C14H15NO3S. The number of carboxylic acids is 1. The topological polar surface area (TPSA) is 70.4 Å². The third-order valence-electron chi connectivity index (χ3n) is 2.81. The number of carbonyl (C=O) groups is 1. The Morgan fingerprint density at radius 3 is 2.84 bits per heavy atom. The fourth-order valence-corrected chi connectivity index (χ4v) is 3.03. The molecule has 0 fully saturated rings. The number of fused-ring (bicyclic) bond motifs is 1. The van der Waals surface area contributed by atoms with Crippen LogP contribution in [0.4, 0.5) is 0 Å². The Balaban J connectivity index is 2.52. The number of hydrogen-bond donors (Lipinski definition) is 2. The standard InChI is InChI=1S/C14H15NO3S/c1-9(6-7-16)19-13-10-4-2-3-5-12(10)15-8-11(13)14(17)18/h2-5,8-9,16H,6-7H2,1H3,(H,17,18). The molecule has 0 amide bonds. The number of benzene rings is 1. The van der Waals surface area contributed by atoms with Gasteiger partial charge in [0, 0.05) is 28.3 Å². The average Bonchev–Trinajstić information content (AvgIpc) is 2.39. The molecule has 2 rings (SSSR count). The fourth-order valence-electron chi connectivity index (χ4n) is 1.84. The molecule has 0 spiro atoms. The molecule has 4 nitrogen and oxygen atoms in total. The molecular weight excluding hydrogens is 262 g/mol. The Morgan fingerprint density at radius 1 is 1.42 bits per heavy atom. The summed E-state index contributed by atoms with van der Waals surface area (Å²) in [6, 6.07) is 7.49. The van der Waals surface area contributed by atoms with Crippen LogP contribution in [0, 0.1) is 0 Å². The van der Waals surface area contributed by atoms with Gasteiger partial charge in [-0.25, -0.2) is 4.79 Å². The number of carboxylic acid groups (broad SMARTS) is 1. The molecule has 0 bridgehead atoms. The van der Waals surface area contributed by atoms with E-state index in [0.717, 1.165) is 15.8 Å². The summed E-state index contributed by atoms with van der Waals surface area (Å²) in [6.07, 6.45) is 2.03. The minimum Gasteiger partial charge on any atom is -0.478 e. The number of hydrogen-bond acceptors (Lipinski definition) is 4. The van der Waals surface area contributed by atoms with Crippen LogP contribution in [0.2, 0.25) is 0 Å². The normalized spacial score (nSPS) is 12.5. The van der Waals surface area contributed by atoms with E-state index in [0.29, 0.717) is 6.42 Å². The molecule has 1 aromatic carbocycles. The average molecular weight is 277 g/mol. The van der Waals surface area contributed by atoms with Gasteiger partial charge in [0.05, 0.1) is 11.1 Å². The molecule has 2 N–H and O–H groups in total. The van der Waals surface area contributed by atoms with Crippen molar-refractivity contribution in [2.45, 2.75) is 23.5 Å². The minimum absolute atomic E-state index is 0.0968. The number of aliphatic hydroxyl groups is 1. The number of nitrogens with zero attached hydrogens (tertiary/aromatic N) is 1. The molecule has 0 radical (unpaired) electrons. The number of aliphatic hydroxyl groups excluding tert-OH is 1. The number of para-hydroxylation sites is 1. The van der Waals surface area contributed by atoms with Crippen molar-refractivity contribution in [1.29, 1.82) is 0 Å². The molecule has 1 atom stereocenters. The molecule has 0 saturated carbocycles. The number of aromatic carboxylic acids is 1. The van der Waals surface area contributed by atoms with E-state index in [-0.39, 0.29) is 17.4 Å². The van der Waals surface area contributed by atoms with Gasteiger partial charge in [-0.3, -0.25) is 4.98 Å². The van der Waals surface area contributed by atoms with Crippen molar-refractivity contribution < 1.29 is 15.0 Å². The predicted octanol–water partition coefficient (Wildman–Crippen LogP) is 2.80. The summed E-state index contributed by atoms with van der Waals surface area (Å²) in [7, 11) is 0. The first-order chi connectivity index (χ1) is 9.13. The quantitative estimate of drug-likeness (QED) is 0.822. The Labute approximate surface area is 115 Å². The van der Waals surface area contributed by atoms with Crippen molar-refractivity contribution in [1.82, 2.24) is 4.98 Å². The van der Waals surface area contributed by atoms with Crippen molar-refractivity contribution in [2.75, 3.05) is 6.61 Å². The maximum atomic E-state index is 11.3. The summed E-state index contributed by atoms with van der Waals surface area (Å²) in [5.74, 6) is -0.975. The summed E-state index contributed by atoms with van der Waals surface area (Å²) < 4.78 is 0. The lowest BCUT2D eigenvalue weighted by Gasteiger charge is -2.13. The Hall–Kier alpha value is -1.59. The van der Waals surface area contributed by atoms with Gasteiger partial charge in [-0.1, -0.05) is 25.1 Å². The highest BCUT2D eigenvalue weighted by Gasteiger charge is 2.17. The summed E-state index contributed by atoms with van der Waals surface area (Å²) >= 11 is 1.47. The van der Waals surface area contributed by atoms with Crippen molar-refractivity contribution in [2.24, 2.45) is 0 Å². The SMILES string of the molecule is CC(CCO)Sc1c(C(=O)O)cnc2ccccc12. The first-order valence-electron chi connectivity index (χ1n) is 6.02. The van der Waals surface area contributed by atoms with Gasteiger partial charge >= 0.3 is 5.97 Å². The van der Waals surface area contributed by atoms with Gasteiger partial charge in [-0.15, -0.1) is 11.8 Å². The van der Waals surface area contributed by atoms with Gasteiger partial charge in [-0.05, 0) is 12.5 Å². The highest BCUT2D eigenvalue weighted by Crippen LogP contribution is 2.34. The number of rotatable bonds is 5. The second-order valence-corrected chi connectivity index (χ2v) is 5.71. The first-order valence-corrected chi connectivity index (χ1v) is 6.90. The summed E-state index contributed by atoms with van der Waals surface area (Å²) in [5.41, 5.74) is 1.000. The summed E-state index contributed by atoms with van der Waals surface area (Å²) in [4.78, 5) is 16.2. The monoisotopic (exact) mass is 277 g/mol. The Bertz CT molecular complexity index is 600. The van der Waals surface area contributed by atoms with Gasteiger partial charge in [0.15, 0.2) is 0 Å². The second kappa shape index (κ2) is 6.04. The third-order valence-corrected chi connectivity index (χ3v) is 4.12. The summed E-state index contributed by atoms with van der Waals surface area (Å²) in [5, 5.41) is 19.2. The molecule has 0 aliphatic carbocycles. The van der Waals surface area contributed by atoms with Crippen LogP contribution >= 0.6 is 11.8 Å². The fraction of sp³-hybridized carbons (Fsp3) is 0.286. The van der Waals surface area contributed by atoms with E-state index in [1.165, 1.54) is 18.0 Å². The van der Waals surface area contributed by atoms with E-state index in [4.69, 9.17) is 5.11 Å². The molecule has 19 heavy (non-hydrogen) atoms. The molecule has 0 aliphatic rings. The van der Waals surface area contributed by atoms with Crippen LogP contribution in [0.1, 0.15) is 23.7 Å². The van der Waals surface area contributed by atoms with Gasteiger partial charge < -0.3 is 10.2 Å². The lowest BCUT2D eigenvalue weighted by atomic mass is 10.1. The highest BCUT2D eigenvalue weighted by atomic mass is 32.2. The number of thioether (sulfide) groups is 1. The van der Waals surface area contributed by atoms with Gasteiger partial charge in [0.25, 0.3) is 0 Å². The van der Waals surface area contributed by atoms with Crippen LogP contribution in [0.5, 0.6) is 0 Å². The van der Waals surface area contributed by atoms with Crippen LogP contribution in [-0.2, 0) is 0 Å². The van der Waals surface area contributed by atoms with Crippen molar-refractivity contribution in [3.8, 4) is 0 Å². The summed E-state index contributed by atoms with van der Waals surface area (Å²) in [6.45, 7) is 2.07. The molecule has 0 aliphatic heterocycles. The number of pyridine rings is 1. The lowest BCUT2D eigenvalue weighted by molar-refractivity contribution is 0.0693. The van der Waals surface area contributed by atoms with E-state index in [2.05, 4.69) is 4.98 Å². The van der Waals surface area contributed by atoms with Crippen LogP contribution < -0.4 is 0 Å². The maximum absolute atomic E-state index is 11.3. The molecule has 1 aromatic heterocycles. The maximum Gasteiger partial charge on any atom is 0.338 e. The van der Waals surface area contributed by atoms with E-state index in [1.54, 1.807) is 0 Å². The van der Waals surface area contributed by atoms with Gasteiger partial charge in [-0.2, -0.15) is 0 Å². The second-order valence-electron chi connectivity index (χ2n) is 4.26. The molecule has 2 aromatic rings. The zero-order valence-electron chi connectivity index (χ0n) is 10.5. The van der Waals surface area contributed by atoms with Crippen molar-refractivity contribution in [3.63, 3.8) is 0 Å². The Kier molecular flexibility index (Phi) is 4.39. The van der Waals surface area contributed by atoms with Crippen LogP contribution in [-0.4, -0.2) is 33.0 Å². The largest absolute Gasteiger partial charge is 0.478 e. The van der Waals surface area contributed by atoms with Crippen LogP contribution in [0.3, 0.4) is 0 Å². The number of aromatic nitrogens is 1. The molecule has 1 heterocycles. The molecule has 100 valence electrons. The zero-order chi connectivity index (χ0) is 13.8. The smallest absolute Gasteiger partial charge is 0.338 e. The molecule has 5 heteroatoms. The van der Waals surface area contributed by atoms with Crippen LogP contribution in [0.15, 0.2) is 35.4 Å². The zero-order valence-corrected chi connectivity index (χ0v) is 11.4. The van der Waals surface area contributed by atoms with E-state index in [9.17, 15) is 9.90 Å². The van der Waals surface area contributed by atoms with Crippen LogP contribution in [0.25, 0.3) is 10.9 Å². The predicted molar refractivity (Wildman–Crippen MR) is 75.7 cm³/mol. The van der Waals surface area contributed by atoms with Gasteiger partial charge in [0.2, 0.25) is 0 Å². The first kappa shape index (κ1) is 13.8. The minimum atomic E-state index is -0.975. The van der Waals surface area contributed by atoms with E-state index < -0.39 is 5.97 Å². The molecule has 0 saturated heterocycles. The third kappa shape index (κ3) is 3.05. The molecule has 1 unspecified atom stereocenters. The van der Waals surface area contributed by atoms with Gasteiger partial charge in [0.1, 0.15) is 0 Å². The van der Waals surface area contributed by atoms with Crippen molar-refractivity contribution >= 4 is 28.6 Å². The Morgan fingerprint density at radius 2 is 2.16 bits per heavy atom. The van der Waals surface area contributed by atoms with E-state index >= 15 is 0 Å². The van der Waals surface area contributed by atoms with E-state index in [1.807, 2.05) is 31.2 Å². The lowest BCUT2D eigenvalue weighted by Crippen LogP contribution is -2.05.